The van der Waals surface area contributed by atoms with Crippen molar-refractivity contribution in [1.29, 1.82) is 0 Å². The third kappa shape index (κ3) is 4.47. The number of nitrogens with one attached hydrogen (secondary N) is 1. The topological polar surface area (TPSA) is 73.1 Å². The zero-order chi connectivity index (χ0) is 14.4. The zero-order valence-electron chi connectivity index (χ0n) is 11.3. The molecule has 0 atom stereocenters. The highest BCUT2D eigenvalue weighted by Gasteiger charge is 2.03. The summed E-state index contributed by atoms with van der Waals surface area (Å²) in [5.74, 6) is 1.73. The number of nitrogens with two attached hydrogens (primary N) is 1. The minimum absolute atomic E-state index is 0.370. The van der Waals surface area contributed by atoms with E-state index >= 15 is 0 Å². The van der Waals surface area contributed by atoms with Crippen LogP contribution in [0.25, 0.3) is 0 Å². The highest BCUT2D eigenvalue weighted by Crippen LogP contribution is 2.13. The van der Waals surface area contributed by atoms with Gasteiger partial charge in [-0.2, -0.15) is 0 Å². The van der Waals surface area contributed by atoms with Crippen LogP contribution in [0.4, 0.5) is 11.6 Å². The molecular formula is C14H17BrN4O. The maximum absolute atomic E-state index is 5.77. The molecule has 3 N–H and O–H groups in total. The molecule has 0 unspecified atom stereocenters. The van der Waals surface area contributed by atoms with Crippen LogP contribution in [0.5, 0.6) is 0 Å². The van der Waals surface area contributed by atoms with E-state index in [9.17, 15) is 0 Å². The molecule has 6 heteroatoms. The van der Waals surface area contributed by atoms with E-state index in [4.69, 9.17) is 10.5 Å². The molecule has 0 spiro atoms. The molecule has 2 aromatic rings. The largest absolute Gasteiger partial charge is 0.384 e. The summed E-state index contributed by atoms with van der Waals surface area (Å²) in [6, 6.07) is 9.82. The number of benzene rings is 1. The Bertz CT molecular complexity index is 560. The number of nitrogen functional groups attached to an aromatic ring is 1. The second-order valence-corrected chi connectivity index (χ2v) is 5.13. The highest BCUT2D eigenvalue weighted by molar-refractivity contribution is 9.10. The number of hydrogen-bond acceptors (Lipinski definition) is 5. The van der Waals surface area contributed by atoms with Crippen LogP contribution in [0.2, 0.25) is 0 Å². The number of anilines is 2. The minimum atomic E-state index is 0.370. The molecule has 0 aliphatic carbocycles. The SMILES string of the molecule is CCOCc1nc(N)cc(NCc2ccc(Br)cc2)n1. The van der Waals surface area contributed by atoms with E-state index in [0.29, 0.717) is 37.2 Å². The van der Waals surface area contributed by atoms with E-state index in [-0.39, 0.29) is 0 Å². The molecule has 0 aliphatic heterocycles. The van der Waals surface area contributed by atoms with Gasteiger partial charge in [0.1, 0.15) is 18.2 Å². The van der Waals surface area contributed by atoms with Gasteiger partial charge >= 0.3 is 0 Å². The minimum Gasteiger partial charge on any atom is -0.384 e. The lowest BCUT2D eigenvalue weighted by Crippen LogP contribution is -2.07. The van der Waals surface area contributed by atoms with E-state index in [1.165, 1.54) is 0 Å². The van der Waals surface area contributed by atoms with Crippen molar-refractivity contribution in [2.24, 2.45) is 0 Å². The molecule has 0 amide bonds. The number of aromatic nitrogens is 2. The lowest BCUT2D eigenvalue weighted by atomic mass is 10.2. The lowest BCUT2D eigenvalue weighted by molar-refractivity contribution is 0.128. The van der Waals surface area contributed by atoms with Gasteiger partial charge in [0.2, 0.25) is 0 Å². The van der Waals surface area contributed by atoms with Crippen molar-refractivity contribution in [2.75, 3.05) is 17.7 Å². The van der Waals surface area contributed by atoms with E-state index in [2.05, 4.69) is 31.2 Å². The van der Waals surface area contributed by atoms with Crippen molar-refractivity contribution in [1.82, 2.24) is 9.97 Å². The van der Waals surface area contributed by atoms with E-state index < -0.39 is 0 Å². The smallest absolute Gasteiger partial charge is 0.158 e. The molecular weight excluding hydrogens is 320 g/mol. The molecule has 0 bridgehead atoms. The van der Waals surface area contributed by atoms with Gasteiger partial charge in [0.25, 0.3) is 0 Å². The Kier molecular flexibility index (Phi) is 5.31. The lowest BCUT2D eigenvalue weighted by Gasteiger charge is -2.08. The maximum Gasteiger partial charge on any atom is 0.158 e. The zero-order valence-corrected chi connectivity index (χ0v) is 12.9. The monoisotopic (exact) mass is 336 g/mol. The van der Waals surface area contributed by atoms with Crippen molar-refractivity contribution < 1.29 is 4.74 Å². The van der Waals surface area contributed by atoms with Crippen LogP contribution in [0.1, 0.15) is 18.3 Å². The number of ether oxygens (including phenoxy) is 1. The first-order chi connectivity index (χ1) is 9.67. The molecule has 1 aromatic carbocycles. The fourth-order valence-corrected chi connectivity index (χ4v) is 1.93. The molecule has 0 fully saturated rings. The highest BCUT2D eigenvalue weighted by atomic mass is 79.9. The average molecular weight is 337 g/mol. The van der Waals surface area contributed by atoms with E-state index in [1.54, 1.807) is 6.07 Å². The Labute approximate surface area is 126 Å². The maximum atomic E-state index is 5.77. The number of rotatable bonds is 6. The van der Waals surface area contributed by atoms with Crippen molar-refractivity contribution in [3.05, 3.63) is 46.2 Å². The molecule has 2 rings (SSSR count). The van der Waals surface area contributed by atoms with Gasteiger partial charge in [0.05, 0.1) is 0 Å². The quantitative estimate of drug-likeness (QED) is 0.848. The van der Waals surface area contributed by atoms with Crippen molar-refractivity contribution in [3.63, 3.8) is 0 Å². The fraction of sp³-hybridized carbons (Fsp3) is 0.286. The van der Waals surface area contributed by atoms with Crippen LogP contribution < -0.4 is 11.1 Å². The number of nitrogens with zero attached hydrogens (tertiary/aromatic N) is 2. The van der Waals surface area contributed by atoms with Crippen LogP contribution in [0, 0.1) is 0 Å². The number of halogens is 1. The van der Waals surface area contributed by atoms with E-state index in [1.807, 2.05) is 31.2 Å². The van der Waals surface area contributed by atoms with Crippen LogP contribution in [0.3, 0.4) is 0 Å². The van der Waals surface area contributed by atoms with Gasteiger partial charge in [0.15, 0.2) is 5.82 Å². The second-order valence-electron chi connectivity index (χ2n) is 4.21. The molecule has 1 aromatic heterocycles. The Hall–Kier alpha value is -1.66. The third-order valence-corrected chi connectivity index (χ3v) is 3.14. The molecule has 0 aliphatic rings. The molecule has 20 heavy (non-hydrogen) atoms. The normalized spacial score (nSPS) is 10.5. The van der Waals surface area contributed by atoms with Gasteiger partial charge < -0.3 is 15.8 Å². The van der Waals surface area contributed by atoms with Crippen molar-refractivity contribution in [2.45, 2.75) is 20.1 Å². The first kappa shape index (κ1) is 14.7. The Morgan fingerprint density at radius 3 is 2.70 bits per heavy atom. The van der Waals surface area contributed by atoms with Crippen LogP contribution in [-0.4, -0.2) is 16.6 Å². The first-order valence-electron chi connectivity index (χ1n) is 6.37. The predicted molar refractivity (Wildman–Crippen MR) is 83.2 cm³/mol. The summed E-state index contributed by atoms with van der Waals surface area (Å²) in [5, 5.41) is 3.24. The Morgan fingerprint density at radius 2 is 2.00 bits per heavy atom. The van der Waals surface area contributed by atoms with Gasteiger partial charge in [-0.15, -0.1) is 0 Å². The summed E-state index contributed by atoms with van der Waals surface area (Å²) in [6.45, 7) is 3.60. The molecule has 0 saturated heterocycles. The van der Waals surface area contributed by atoms with Gasteiger partial charge in [-0.25, -0.2) is 9.97 Å². The second kappa shape index (κ2) is 7.21. The van der Waals surface area contributed by atoms with Crippen LogP contribution in [-0.2, 0) is 17.9 Å². The summed E-state index contributed by atoms with van der Waals surface area (Å²) in [7, 11) is 0. The average Bonchev–Trinajstić information content (AvgIpc) is 2.44. The van der Waals surface area contributed by atoms with Gasteiger partial charge in [-0.05, 0) is 24.6 Å². The summed E-state index contributed by atoms with van der Waals surface area (Å²) in [4.78, 5) is 8.50. The van der Waals surface area contributed by atoms with Crippen molar-refractivity contribution >= 4 is 27.6 Å². The van der Waals surface area contributed by atoms with Gasteiger partial charge in [0, 0.05) is 23.7 Å². The van der Waals surface area contributed by atoms with Gasteiger partial charge in [-0.1, -0.05) is 28.1 Å². The Morgan fingerprint density at radius 1 is 1.25 bits per heavy atom. The Balaban J connectivity index is 2.01. The summed E-state index contributed by atoms with van der Waals surface area (Å²) >= 11 is 3.41. The fourth-order valence-electron chi connectivity index (χ4n) is 1.66. The molecule has 106 valence electrons. The third-order valence-electron chi connectivity index (χ3n) is 2.61. The van der Waals surface area contributed by atoms with E-state index in [0.717, 1.165) is 10.0 Å². The summed E-state index contributed by atoms with van der Waals surface area (Å²) in [5.41, 5.74) is 6.93. The van der Waals surface area contributed by atoms with Crippen LogP contribution in [0.15, 0.2) is 34.8 Å². The molecule has 5 nitrogen and oxygen atoms in total. The van der Waals surface area contributed by atoms with Gasteiger partial charge in [-0.3, -0.25) is 0 Å². The first-order valence-corrected chi connectivity index (χ1v) is 7.16. The van der Waals surface area contributed by atoms with Crippen LogP contribution >= 0.6 is 15.9 Å². The summed E-state index contributed by atoms with van der Waals surface area (Å²) in [6.07, 6.45) is 0. The molecule has 0 saturated carbocycles. The summed E-state index contributed by atoms with van der Waals surface area (Å²) < 4.78 is 6.35. The standard InChI is InChI=1S/C14H17BrN4O/c1-2-20-9-14-18-12(16)7-13(19-14)17-8-10-3-5-11(15)6-4-10/h3-7H,2,8-9H2,1H3,(H3,16,17,18,19). The van der Waals surface area contributed by atoms with Crippen molar-refractivity contribution in [3.8, 4) is 0 Å². The molecule has 0 radical (unpaired) electrons. The molecule has 1 heterocycles. The predicted octanol–water partition coefficient (Wildman–Crippen LogP) is 2.97. The number of hydrogen-bond donors (Lipinski definition) is 2.